The van der Waals surface area contributed by atoms with Gasteiger partial charge in [-0.1, -0.05) is 30.3 Å². The first-order valence-electron chi connectivity index (χ1n) is 7.40. The lowest BCUT2D eigenvalue weighted by Gasteiger charge is -2.14. The molecule has 1 unspecified atom stereocenters. The number of benzene rings is 2. The van der Waals surface area contributed by atoms with Crippen LogP contribution in [0, 0.1) is 0 Å². The molecule has 2 rings (SSSR count). The van der Waals surface area contributed by atoms with Crippen LogP contribution in [0.25, 0.3) is 0 Å². The van der Waals surface area contributed by atoms with E-state index in [9.17, 15) is 4.79 Å². The fourth-order valence-electron chi connectivity index (χ4n) is 1.98. The SMILES string of the molecule is COc1ccc(NC(C)C(=O)N/N=C(/C)c2ccccc2)cc1. The predicted molar refractivity (Wildman–Crippen MR) is 92.9 cm³/mol. The highest BCUT2D eigenvalue weighted by Crippen LogP contribution is 2.15. The minimum absolute atomic E-state index is 0.198. The fraction of sp³-hybridized carbons (Fsp3) is 0.222. The number of nitrogens with one attached hydrogen (secondary N) is 2. The molecule has 120 valence electrons. The van der Waals surface area contributed by atoms with Gasteiger partial charge < -0.3 is 10.1 Å². The molecule has 23 heavy (non-hydrogen) atoms. The van der Waals surface area contributed by atoms with Crippen molar-refractivity contribution in [2.45, 2.75) is 19.9 Å². The number of nitrogens with zero attached hydrogens (tertiary/aromatic N) is 1. The van der Waals surface area contributed by atoms with Crippen LogP contribution in [0.5, 0.6) is 5.75 Å². The quantitative estimate of drug-likeness (QED) is 0.637. The molecule has 0 saturated carbocycles. The maximum atomic E-state index is 12.1. The van der Waals surface area contributed by atoms with Crippen LogP contribution in [0.15, 0.2) is 59.7 Å². The molecule has 0 aliphatic carbocycles. The lowest BCUT2D eigenvalue weighted by Crippen LogP contribution is -2.35. The Kier molecular flexibility index (Phi) is 5.74. The monoisotopic (exact) mass is 311 g/mol. The molecule has 1 atom stereocenters. The van der Waals surface area contributed by atoms with E-state index in [2.05, 4.69) is 15.8 Å². The highest BCUT2D eigenvalue weighted by atomic mass is 16.5. The third kappa shape index (κ3) is 4.85. The molecule has 0 heterocycles. The van der Waals surface area contributed by atoms with E-state index in [1.165, 1.54) is 0 Å². The van der Waals surface area contributed by atoms with Crippen molar-refractivity contribution >= 4 is 17.3 Å². The summed E-state index contributed by atoms with van der Waals surface area (Å²) in [7, 11) is 1.62. The largest absolute Gasteiger partial charge is 0.497 e. The second-order valence-electron chi connectivity index (χ2n) is 5.13. The minimum Gasteiger partial charge on any atom is -0.497 e. The molecule has 0 bridgehead atoms. The van der Waals surface area contributed by atoms with Crippen molar-refractivity contribution in [2.24, 2.45) is 5.10 Å². The summed E-state index contributed by atoms with van der Waals surface area (Å²) in [4.78, 5) is 12.1. The van der Waals surface area contributed by atoms with Gasteiger partial charge >= 0.3 is 0 Å². The van der Waals surface area contributed by atoms with Crippen LogP contribution >= 0.6 is 0 Å². The molecule has 0 aromatic heterocycles. The molecule has 0 fully saturated rings. The summed E-state index contributed by atoms with van der Waals surface area (Å²) in [6, 6.07) is 16.7. The van der Waals surface area contributed by atoms with Crippen molar-refractivity contribution in [2.75, 3.05) is 12.4 Å². The molecule has 5 heteroatoms. The molecule has 2 aromatic carbocycles. The van der Waals surface area contributed by atoms with E-state index in [0.717, 1.165) is 22.7 Å². The van der Waals surface area contributed by atoms with Gasteiger partial charge in [-0.25, -0.2) is 5.43 Å². The first-order chi connectivity index (χ1) is 11.1. The zero-order chi connectivity index (χ0) is 16.7. The first kappa shape index (κ1) is 16.5. The number of carbonyl (C=O) groups excluding carboxylic acids is 1. The zero-order valence-corrected chi connectivity index (χ0v) is 13.5. The van der Waals surface area contributed by atoms with E-state index in [0.29, 0.717) is 0 Å². The van der Waals surface area contributed by atoms with Crippen molar-refractivity contribution in [3.8, 4) is 5.75 Å². The highest BCUT2D eigenvalue weighted by Gasteiger charge is 2.12. The van der Waals surface area contributed by atoms with E-state index in [-0.39, 0.29) is 5.91 Å². The van der Waals surface area contributed by atoms with Crippen molar-refractivity contribution < 1.29 is 9.53 Å². The lowest BCUT2D eigenvalue weighted by molar-refractivity contribution is -0.121. The van der Waals surface area contributed by atoms with Gasteiger partial charge in [0.2, 0.25) is 0 Å². The number of hydrogen-bond acceptors (Lipinski definition) is 4. The number of hydrogen-bond donors (Lipinski definition) is 2. The van der Waals surface area contributed by atoms with Crippen molar-refractivity contribution in [3.05, 3.63) is 60.2 Å². The van der Waals surface area contributed by atoms with Crippen LogP contribution in [0.2, 0.25) is 0 Å². The van der Waals surface area contributed by atoms with Gasteiger partial charge in [0, 0.05) is 5.69 Å². The Morgan fingerprint density at radius 1 is 1.09 bits per heavy atom. The number of hydrazone groups is 1. The molecule has 2 aromatic rings. The molecule has 0 spiro atoms. The normalized spacial score (nSPS) is 12.4. The minimum atomic E-state index is -0.407. The van der Waals surface area contributed by atoms with E-state index >= 15 is 0 Å². The van der Waals surface area contributed by atoms with E-state index < -0.39 is 6.04 Å². The second-order valence-corrected chi connectivity index (χ2v) is 5.13. The Morgan fingerprint density at radius 3 is 2.35 bits per heavy atom. The third-order valence-electron chi connectivity index (χ3n) is 3.39. The summed E-state index contributed by atoms with van der Waals surface area (Å²) in [6.45, 7) is 3.64. The summed E-state index contributed by atoms with van der Waals surface area (Å²) >= 11 is 0. The highest BCUT2D eigenvalue weighted by molar-refractivity contribution is 5.99. The Labute approximate surface area is 136 Å². The average molecular weight is 311 g/mol. The van der Waals surface area contributed by atoms with Gasteiger partial charge in [0.25, 0.3) is 5.91 Å². The molecule has 0 radical (unpaired) electrons. The summed E-state index contributed by atoms with van der Waals surface area (Å²) in [5.41, 5.74) is 5.17. The summed E-state index contributed by atoms with van der Waals surface area (Å²) in [6.07, 6.45) is 0. The van der Waals surface area contributed by atoms with Crippen molar-refractivity contribution in [1.82, 2.24) is 5.43 Å². The van der Waals surface area contributed by atoms with Crippen LogP contribution in [-0.2, 0) is 4.79 Å². The van der Waals surface area contributed by atoms with Gasteiger partial charge in [0.15, 0.2) is 0 Å². The molecule has 5 nitrogen and oxygen atoms in total. The topological polar surface area (TPSA) is 62.7 Å². The molecule has 1 amide bonds. The van der Waals surface area contributed by atoms with Crippen LogP contribution in [0.4, 0.5) is 5.69 Å². The maximum absolute atomic E-state index is 12.1. The van der Waals surface area contributed by atoms with Crippen LogP contribution < -0.4 is 15.5 Å². The summed E-state index contributed by atoms with van der Waals surface area (Å²) in [5.74, 6) is 0.576. The molecule has 2 N–H and O–H groups in total. The molecular weight excluding hydrogens is 290 g/mol. The van der Waals surface area contributed by atoms with E-state index in [1.807, 2.05) is 61.5 Å². The smallest absolute Gasteiger partial charge is 0.262 e. The third-order valence-corrected chi connectivity index (χ3v) is 3.39. The Morgan fingerprint density at radius 2 is 1.74 bits per heavy atom. The Balaban J connectivity index is 1.91. The molecule has 0 aliphatic heterocycles. The number of anilines is 1. The Bertz CT molecular complexity index is 666. The van der Waals surface area contributed by atoms with Gasteiger partial charge in [-0.15, -0.1) is 0 Å². The van der Waals surface area contributed by atoms with Gasteiger partial charge in [-0.05, 0) is 43.7 Å². The number of carbonyl (C=O) groups is 1. The van der Waals surface area contributed by atoms with Crippen LogP contribution in [0.3, 0.4) is 0 Å². The number of ether oxygens (including phenoxy) is 1. The van der Waals surface area contributed by atoms with E-state index in [4.69, 9.17) is 4.74 Å². The van der Waals surface area contributed by atoms with E-state index in [1.54, 1.807) is 14.0 Å². The van der Waals surface area contributed by atoms with Crippen LogP contribution in [-0.4, -0.2) is 24.8 Å². The van der Waals surface area contributed by atoms with Crippen molar-refractivity contribution in [1.29, 1.82) is 0 Å². The standard InChI is InChI=1S/C18H21N3O2/c1-13(15-7-5-4-6-8-15)20-21-18(22)14(2)19-16-9-11-17(23-3)12-10-16/h4-12,14,19H,1-3H3,(H,21,22)/b20-13-. The number of amides is 1. The van der Waals surface area contributed by atoms with Crippen LogP contribution in [0.1, 0.15) is 19.4 Å². The molecular formula is C18H21N3O2. The lowest BCUT2D eigenvalue weighted by atomic mass is 10.1. The summed E-state index contributed by atoms with van der Waals surface area (Å²) in [5, 5.41) is 7.26. The molecule has 0 saturated heterocycles. The van der Waals surface area contributed by atoms with Gasteiger partial charge in [-0.3, -0.25) is 4.79 Å². The van der Waals surface area contributed by atoms with Gasteiger partial charge in [-0.2, -0.15) is 5.10 Å². The maximum Gasteiger partial charge on any atom is 0.262 e. The first-order valence-corrected chi connectivity index (χ1v) is 7.40. The fourth-order valence-corrected chi connectivity index (χ4v) is 1.98. The predicted octanol–water partition coefficient (Wildman–Crippen LogP) is 3.04. The zero-order valence-electron chi connectivity index (χ0n) is 13.5. The summed E-state index contributed by atoms with van der Waals surface area (Å²) < 4.78 is 5.10. The molecule has 0 aliphatic rings. The van der Waals surface area contributed by atoms with Crippen molar-refractivity contribution in [3.63, 3.8) is 0 Å². The Hall–Kier alpha value is -2.82. The number of rotatable bonds is 6. The number of methoxy groups -OCH3 is 1. The average Bonchev–Trinajstić information content (AvgIpc) is 2.60. The second kappa shape index (κ2) is 7.98. The van der Waals surface area contributed by atoms with Gasteiger partial charge in [0.1, 0.15) is 11.8 Å². The van der Waals surface area contributed by atoms with Gasteiger partial charge in [0.05, 0.1) is 12.8 Å².